The van der Waals surface area contributed by atoms with E-state index in [4.69, 9.17) is 4.74 Å². The zero-order valence-electron chi connectivity index (χ0n) is 18.5. The van der Waals surface area contributed by atoms with Crippen LogP contribution in [-0.2, 0) is 11.2 Å². The van der Waals surface area contributed by atoms with Gasteiger partial charge in [0.1, 0.15) is 0 Å². The van der Waals surface area contributed by atoms with Gasteiger partial charge in [-0.15, -0.1) is 0 Å². The summed E-state index contributed by atoms with van der Waals surface area (Å²) in [5.74, 6) is 1.72. The first-order valence-electron chi connectivity index (χ1n) is 11.8. The van der Waals surface area contributed by atoms with E-state index in [1.807, 2.05) is 18.2 Å². The molecule has 0 heterocycles. The average Bonchev–Trinajstić information content (AvgIpc) is 3.21. The predicted molar refractivity (Wildman–Crippen MR) is 121 cm³/mol. The maximum absolute atomic E-state index is 12.2. The Hall–Kier alpha value is -1.77. The number of unbranched alkanes of at least 4 members (excludes halogenated alkanes) is 3. The lowest BCUT2D eigenvalue weighted by atomic mass is 9.97. The fraction of sp³-hybridized carbons (Fsp3) is 0.654. The average molecular weight is 401 g/mol. The third kappa shape index (κ3) is 9.51. The van der Waals surface area contributed by atoms with E-state index in [0.717, 1.165) is 37.2 Å². The molecule has 0 aromatic heterocycles. The molecule has 1 saturated carbocycles. The summed E-state index contributed by atoms with van der Waals surface area (Å²) in [5, 5.41) is 10.0. The molecule has 1 fully saturated rings. The summed E-state index contributed by atoms with van der Waals surface area (Å²) in [7, 11) is 0. The van der Waals surface area contributed by atoms with Crippen molar-refractivity contribution in [3.63, 3.8) is 0 Å². The van der Waals surface area contributed by atoms with Gasteiger partial charge >= 0.3 is 0 Å². The minimum absolute atomic E-state index is 0.173. The number of rotatable bonds is 14. The Morgan fingerprint density at radius 3 is 2.72 bits per heavy atom. The molecule has 1 aromatic carbocycles. The van der Waals surface area contributed by atoms with E-state index in [0.29, 0.717) is 18.6 Å². The van der Waals surface area contributed by atoms with E-state index >= 15 is 0 Å². The van der Waals surface area contributed by atoms with Gasteiger partial charge in [0, 0.05) is 6.42 Å². The highest BCUT2D eigenvalue weighted by Gasteiger charge is 2.18. The van der Waals surface area contributed by atoms with Crippen LogP contribution in [0.3, 0.4) is 0 Å². The molecule has 1 N–H and O–H groups in total. The fourth-order valence-electron chi connectivity index (χ4n) is 4.03. The molecule has 0 unspecified atom stereocenters. The van der Waals surface area contributed by atoms with E-state index in [1.165, 1.54) is 44.9 Å². The highest BCUT2D eigenvalue weighted by Crippen LogP contribution is 2.32. The van der Waals surface area contributed by atoms with Crippen LogP contribution >= 0.6 is 0 Å². The van der Waals surface area contributed by atoms with Gasteiger partial charge < -0.3 is 9.84 Å². The molecule has 29 heavy (non-hydrogen) atoms. The molecule has 2 rings (SSSR count). The number of allylic oxidation sites excluding steroid dienone is 2. The van der Waals surface area contributed by atoms with Crippen molar-refractivity contribution in [2.45, 2.75) is 103 Å². The SMILES string of the molecule is CCCCC[C@H](C)CCC/C=C/C(=O)CCc1ccc(O)c(OC2CCCC2)c1. The Labute approximate surface area is 177 Å². The molecule has 0 aliphatic heterocycles. The summed E-state index contributed by atoms with van der Waals surface area (Å²) in [6.45, 7) is 4.59. The van der Waals surface area contributed by atoms with Crippen LogP contribution in [0.15, 0.2) is 30.4 Å². The third-order valence-electron chi connectivity index (χ3n) is 5.95. The number of hydrogen-bond donors (Lipinski definition) is 1. The number of carbonyl (C=O) groups is 1. The predicted octanol–water partition coefficient (Wildman–Crippen LogP) is 7.16. The van der Waals surface area contributed by atoms with Gasteiger partial charge in [0.15, 0.2) is 17.3 Å². The van der Waals surface area contributed by atoms with Crippen LogP contribution < -0.4 is 4.74 Å². The van der Waals surface area contributed by atoms with Crippen LogP contribution in [-0.4, -0.2) is 17.0 Å². The largest absolute Gasteiger partial charge is 0.504 e. The Bertz CT molecular complexity index is 629. The second kappa shape index (κ2) is 13.5. The zero-order chi connectivity index (χ0) is 20.9. The minimum atomic E-state index is 0.173. The van der Waals surface area contributed by atoms with Gasteiger partial charge in [0.05, 0.1) is 6.10 Å². The van der Waals surface area contributed by atoms with Crippen LogP contribution in [0.1, 0.15) is 96.5 Å². The molecule has 1 aromatic rings. The van der Waals surface area contributed by atoms with Crippen molar-refractivity contribution < 1.29 is 14.6 Å². The Kier molecular flexibility index (Phi) is 10.9. The number of ether oxygens (including phenoxy) is 1. The number of carbonyl (C=O) groups excluding carboxylic acids is 1. The van der Waals surface area contributed by atoms with Gasteiger partial charge in [-0.05, 0) is 74.6 Å². The number of aryl methyl sites for hydroxylation is 1. The molecule has 0 spiro atoms. The molecule has 1 aliphatic rings. The normalized spacial score (nSPS) is 15.8. The van der Waals surface area contributed by atoms with E-state index in [9.17, 15) is 9.90 Å². The number of phenolic OH excluding ortho intramolecular Hbond substituents is 1. The van der Waals surface area contributed by atoms with Crippen LogP contribution in [0.5, 0.6) is 11.5 Å². The summed E-state index contributed by atoms with van der Waals surface area (Å²) in [5.41, 5.74) is 1.04. The molecular weight excluding hydrogens is 360 g/mol. The Morgan fingerprint density at radius 2 is 1.97 bits per heavy atom. The van der Waals surface area contributed by atoms with Gasteiger partial charge in [-0.25, -0.2) is 0 Å². The van der Waals surface area contributed by atoms with Gasteiger partial charge in [0.2, 0.25) is 0 Å². The summed E-state index contributed by atoms with van der Waals surface area (Å²) < 4.78 is 5.95. The highest BCUT2D eigenvalue weighted by atomic mass is 16.5. The van der Waals surface area contributed by atoms with Gasteiger partial charge in [-0.2, -0.15) is 0 Å². The summed E-state index contributed by atoms with van der Waals surface area (Å²) in [4.78, 5) is 12.2. The molecule has 3 heteroatoms. The third-order valence-corrected chi connectivity index (χ3v) is 5.95. The first-order valence-corrected chi connectivity index (χ1v) is 11.8. The molecule has 162 valence electrons. The second-order valence-electron chi connectivity index (χ2n) is 8.73. The monoisotopic (exact) mass is 400 g/mol. The smallest absolute Gasteiger partial charge is 0.161 e. The molecule has 0 saturated heterocycles. The van der Waals surface area contributed by atoms with Crippen LogP contribution in [0, 0.1) is 5.92 Å². The maximum atomic E-state index is 12.2. The van der Waals surface area contributed by atoms with Crippen LogP contribution in [0.4, 0.5) is 0 Å². The van der Waals surface area contributed by atoms with Crippen LogP contribution in [0.2, 0.25) is 0 Å². The van der Waals surface area contributed by atoms with E-state index in [-0.39, 0.29) is 17.6 Å². The number of aromatic hydroxyl groups is 1. The van der Waals surface area contributed by atoms with Crippen molar-refractivity contribution in [1.29, 1.82) is 0 Å². The second-order valence-corrected chi connectivity index (χ2v) is 8.73. The lowest BCUT2D eigenvalue weighted by molar-refractivity contribution is -0.114. The molecule has 3 nitrogen and oxygen atoms in total. The standard InChI is InChI=1S/C26H40O3/c1-3-4-6-11-21(2)12-7-5-8-13-23(27)18-16-22-17-19-25(28)26(20-22)29-24-14-9-10-15-24/h8,13,17,19-21,24,28H,3-7,9-12,14-16,18H2,1-2H3/b13-8+/t21-/m0/s1. The lowest BCUT2D eigenvalue weighted by Gasteiger charge is -2.15. The first-order chi connectivity index (χ1) is 14.1. The molecule has 1 atom stereocenters. The lowest BCUT2D eigenvalue weighted by Crippen LogP contribution is -2.11. The quantitative estimate of drug-likeness (QED) is 0.266. The topological polar surface area (TPSA) is 46.5 Å². The number of phenols is 1. The number of ketones is 1. The summed E-state index contributed by atoms with van der Waals surface area (Å²) in [6, 6.07) is 5.46. The number of benzene rings is 1. The zero-order valence-corrected chi connectivity index (χ0v) is 18.5. The molecule has 1 aliphatic carbocycles. The Morgan fingerprint density at radius 1 is 1.21 bits per heavy atom. The summed E-state index contributed by atoms with van der Waals surface area (Å²) >= 11 is 0. The van der Waals surface area contributed by atoms with Crippen LogP contribution in [0.25, 0.3) is 0 Å². The maximum Gasteiger partial charge on any atom is 0.161 e. The Balaban J connectivity index is 1.66. The van der Waals surface area contributed by atoms with E-state index < -0.39 is 0 Å². The van der Waals surface area contributed by atoms with Crippen molar-refractivity contribution in [2.24, 2.45) is 5.92 Å². The number of hydrogen-bond acceptors (Lipinski definition) is 3. The van der Waals surface area contributed by atoms with Crippen molar-refractivity contribution >= 4 is 5.78 Å². The van der Waals surface area contributed by atoms with E-state index in [1.54, 1.807) is 12.1 Å². The van der Waals surface area contributed by atoms with Crippen molar-refractivity contribution in [3.8, 4) is 11.5 Å². The molecule has 0 amide bonds. The van der Waals surface area contributed by atoms with Crippen molar-refractivity contribution in [2.75, 3.05) is 0 Å². The fourth-order valence-corrected chi connectivity index (χ4v) is 4.03. The molecular formula is C26H40O3. The summed E-state index contributed by atoms with van der Waals surface area (Å²) in [6.07, 6.45) is 18.4. The molecule has 0 radical (unpaired) electrons. The van der Waals surface area contributed by atoms with Gasteiger partial charge in [0.25, 0.3) is 0 Å². The highest BCUT2D eigenvalue weighted by molar-refractivity contribution is 5.89. The van der Waals surface area contributed by atoms with Crippen molar-refractivity contribution in [1.82, 2.24) is 0 Å². The van der Waals surface area contributed by atoms with Crippen molar-refractivity contribution in [3.05, 3.63) is 35.9 Å². The van der Waals surface area contributed by atoms with Gasteiger partial charge in [-0.3, -0.25) is 4.79 Å². The molecule has 0 bridgehead atoms. The van der Waals surface area contributed by atoms with Gasteiger partial charge in [-0.1, -0.05) is 58.1 Å². The van der Waals surface area contributed by atoms with E-state index in [2.05, 4.69) is 13.8 Å². The first kappa shape index (κ1) is 23.5. The minimum Gasteiger partial charge on any atom is -0.504 e.